The van der Waals surface area contributed by atoms with E-state index < -0.39 is 43.5 Å². The minimum atomic E-state index is -4.67. The fourth-order valence-corrected chi connectivity index (χ4v) is 0. The molecular weight excluding hydrogens is 377 g/mol. The van der Waals surface area contributed by atoms with Crippen molar-refractivity contribution in [2.24, 2.45) is 0 Å². The monoisotopic (exact) mass is 382 g/mol. The van der Waals surface area contributed by atoms with Crippen molar-refractivity contribution in [1.82, 2.24) is 0 Å². The van der Waals surface area contributed by atoms with Crippen LogP contribution in [-0.2, 0) is 43.5 Å². The quantitative estimate of drug-likeness (QED) is 0.138. The summed E-state index contributed by atoms with van der Waals surface area (Å²) in [6, 6.07) is 0. The van der Waals surface area contributed by atoms with E-state index in [1.807, 2.05) is 0 Å². The Labute approximate surface area is 128 Å². The van der Waals surface area contributed by atoms with Crippen molar-refractivity contribution in [2.75, 3.05) is 0 Å². The Hall–Kier alpha value is 0.646. The number of hydrogen-bond donors (Lipinski definition) is 6. The van der Waals surface area contributed by atoms with Crippen LogP contribution >= 0.6 is 0 Å². The van der Waals surface area contributed by atoms with E-state index in [4.69, 9.17) is 61.7 Å². The van der Waals surface area contributed by atoms with Crippen LogP contribution in [0.1, 0.15) is 0 Å². The van der Waals surface area contributed by atoms with Gasteiger partial charge >= 0.3 is 43.9 Å². The van der Waals surface area contributed by atoms with E-state index in [2.05, 4.69) is 0 Å². The predicted molar refractivity (Wildman–Crippen MR) is 57.2 cm³/mol. The molecule has 0 saturated carbocycles. The summed E-state index contributed by atoms with van der Waals surface area (Å²) in [4.78, 5) is 0. The van der Waals surface area contributed by atoms with Gasteiger partial charge in [0.15, 0.2) is 0 Å². The molecule has 0 radical (unpaired) electrons. The summed E-state index contributed by atoms with van der Waals surface area (Å²) in [7, 11) is -9.33. The molecule has 0 heterocycles. The molecule has 19 heavy (non-hydrogen) atoms. The van der Waals surface area contributed by atoms with Crippen molar-refractivity contribution in [3.05, 3.63) is 0 Å². The summed E-state index contributed by atoms with van der Waals surface area (Å²) in [5.74, 6) is 0. The molecule has 0 saturated heterocycles. The maximum Gasteiger partial charge on any atom is 2.00 e. The third-order valence-electron chi connectivity index (χ3n) is 0. The van der Waals surface area contributed by atoms with Crippen molar-refractivity contribution in [2.45, 2.75) is 0 Å². The van der Waals surface area contributed by atoms with Crippen LogP contribution in [0.15, 0.2) is 0 Å². The van der Waals surface area contributed by atoms with Gasteiger partial charge in [-0.2, -0.15) is 16.8 Å². The molecule has 19 heteroatoms. The van der Waals surface area contributed by atoms with Crippen LogP contribution in [0.3, 0.4) is 0 Å². The van der Waals surface area contributed by atoms with Gasteiger partial charge in [0.1, 0.15) is 0 Å². The van der Waals surface area contributed by atoms with E-state index in [1.54, 1.807) is 0 Å². The van der Waals surface area contributed by atoms with Crippen molar-refractivity contribution in [3.8, 4) is 0 Å². The maximum absolute atomic E-state index is 8.74. The van der Waals surface area contributed by atoms with Gasteiger partial charge < -0.3 is 18.2 Å². The van der Waals surface area contributed by atoms with Crippen molar-refractivity contribution >= 4 is 66.6 Å². The third-order valence-corrected chi connectivity index (χ3v) is 0. The minimum absolute atomic E-state index is 0. The first kappa shape index (κ1) is 31.8. The Morgan fingerprint density at radius 1 is 0.684 bits per heavy atom. The molecule has 0 aromatic rings. The van der Waals surface area contributed by atoms with Gasteiger partial charge in [-0.15, -0.1) is 0 Å². The van der Waals surface area contributed by atoms with Gasteiger partial charge in [0.05, 0.1) is 22.7 Å². The normalized spacial score (nSPS) is 12.6. The molecule has 0 bridgehead atoms. The first-order valence-corrected chi connectivity index (χ1v) is 7.29. The zero-order valence-corrected chi connectivity index (χ0v) is 13.0. The summed E-state index contributed by atoms with van der Waals surface area (Å²) in [5.41, 5.74) is 0. The molecule has 2 unspecified atom stereocenters. The second-order valence-electron chi connectivity index (χ2n) is 1.33. The van der Waals surface area contributed by atoms with Gasteiger partial charge in [-0.25, -0.2) is 8.42 Å². The van der Waals surface area contributed by atoms with Gasteiger partial charge in [-0.05, 0) is 0 Å². The summed E-state index contributed by atoms with van der Waals surface area (Å²) >= 11 is -5.72. The Kier molecular flexibility index (Phi) is 28.0. The molecule has 6 N–H and O–H groups in total. The molecule has 0 aliphatic rings. The average molecular weight is 383 g/mol. The van der Waals surface area contributed by atoms with Crippen LogP contribution < -0.4 is 0 Å². The van der Waals surface area contributed by atoms with Gasteiger partial charge in [0.25, 0.3) is 0 Å². The Bertz CT molecular complexity index is 346. The van der Waals surface area contributed by atoms with E-state index >= 15 is 0 Å². The summed E-state index contributed by atoms with van der Waals surface area (Å²) in [6.07, 6.45) is 0. The van der Waals surface area contributed by atoms with Crippen molar-refractivity contribution in [1.29, 1.82) is 0 Å². The second-order valence-corrected chi connectivity index (χ2v) is 3.99. The average Bonchev–Trinajstić information content (AvgIpc) is 1.70. The zero-order valence-electron chi connectivity index (χ0n) is 8.29. The predicted octanol–water partition coefficient (Wildman–Crippen LogP) is -3.01. The van der Waals surface area contributed by atoms with Gasteiger partial charge in [-0.3, -0.25) is 18.2 Å². The van der Waals surface area contributed by atoms with Crippen LogP contribution in [0.5, 0.6) is 0 Å². The standard InChI is InChI=1S/Mg.2H2O4S.2H2O3S/c;2*1-5(2,3)4;2*1-4(2)3/h;2*(H2,1,2,3,4);2*(H2,1,2,3)/q+2;;;;/p-2. The molecular formula is H6MgO14S4. The Morgan fingerprint density at radius 2 is 0.684 bits per heavy atom. The van der Waals surface area contributed by atoms with Crippen LogP contribution in [0.2, 0.25) is 0 Å². The molecule has 116 valence electrons. The summed E-state index contributed by atoms with van der Waals surface area (Å²) in [6.45, 7) is 0. The fourth-order valence-electron chi connectivity index (χ4n) is 0. The van der Waals surface area contributed by atoms with Crippen molar-refractivity contribution < 1.29 is 61.7 Å². The molecule has 0 aromatic heterocycles. The van der Waals surface area contributed by atoms with Gasteiger partial charge in [0, 0.05) is 0 Å². The molecule has 2 atom stereocenters. The van der Waals surface area contributed by atoms with Crippen molar-refractivity contribution in [3.63, 3.8) is 0 Å². The molecule has 0 aliphatic heterocycles. The first-order valence-electron chi connectivity index (χ1n) is 2.43. The SMILES string of the molecule is O=S(=O)(O)O.O=S(=O)(O)O.O=S([O-])O.O=S([O-])O.[Mg+2]. The van der Waals surface area contributed by atoms with Crippen LogP contribution in [0, 0.1) is 0 Å². The minimum Gasteiger partial charge on any atom is -0.750 e. The zero-order chi connectivity index (χ0) is 16.2. The first-order chi connectivity index (χ1) is 7.46. The van der Waals surface area contributed by atoms with E-state index in [0.717, 1.165) is 0 Å². The smallest absolute Gasteiger partial charge is 0.750 e. The molecule has 14 nitrogen and oxygen atoms in total. The van der Waals surface area contributed by atoms with E-state index in [0.29, 0.717) is 0 Å². The molecule has 0 fully saturated rings. The van der Waals surface area contributed by atoms with Crippen LogP contribution in [0.4, 0.5) is 0 Å². The molecule has 0 amide bonds. The number of rotatable bonds is 0. The molecule has 0 aliphatic carbocycles. The van der Waals surface area contributed by atoms with Crippen LogP contribution in [0.25, 0.3) is 0 Å². The Morgan fingerprint density at radius 3 is 0.684 bits per heavy atom. The summed E-state index contributed by atoms with van der Waals surface area (Å²) in [5, 5.41) is 0. The second kappa shape index (κ2) is 16.7. The van der Waals surface area contributed by atoms with Gasteiger partial charge in [0.2, 0.25) is 0 Å². The largest absolute Gasteiger partial charge is 2.00 e. The van der Waals surface area contributed by atoms with E-state index in [-0.39, 0.29) is 23.1 Å². The van der Waals surface area contributed by atoms with Crippen LogP contribution in [-0.4, -0.2) is 84.7 Å². The molecule has 0 rings (SSSR count). The molecule has 0 spiro atoms. The molecule has 0 aromatic carbocycles. The maximum atomic E-state index is 8.74. The topological polar surface area (TPSA) is 270 Å². The number of hydrogen-bond acceptors (Lipinski definition) is 8. The van der Waals surface area contributed by atoms with E-state index in [9.17, 15) is 0 Å². The van der Waals surface area contributed by atoms with Gasteiger partial charge in [-0.1, -0.05) is 0 Å². The fraction of sp³-hybridized carbons (Fsp3) is 0. The summed E-state index contributed by atoms with van der Waals surface area (Å²) < 4.78 is 111. The van der Waals surface area contributed by atoms with E-state index in [1.165, 1.54) is 0 Å². The third kappa shape index (κ3) is 12400. The Balaban J connectivity index is -0.0000000453.